The Bertz CT molecular complexity index is 418. The zero-order chi connectivity index (χ0) is 13.7. The first-order chi connectivity index (χ1) is 9.19. The van der Waals surface area contributed by atoms with Gasteiger partial charge in [-0.1, -0.05) is 12.1 Å². The molecule has 0 aliphatic carbocycles. The fourth-order valence-electron chi connectivity index (χ4n) is 2.11. The highest BCUT2D eigenvalue weighted by Crippen LogP contribution is 2.15. The van der Waals surface area contributed by atoms with E-state index in [1.165, 1.54) is 0 Å². The van der Waals surface area contributed by atoms with Crippen molar-refractivity contribution in [2.45, 2.75) is 19.6 Å². The van der Waals surface area contributed by atoms with Gasteiger partial charge in [-0.05, 0) is 24.6 Å². The van der Waals surface area contributed by atoms with Crippen molar-refractivity contribution in [2.75, 3.05) is 26.3 Å². The lowest BCUT2D eigenvalue weighted by Gasteiger charge is -2.30. The standard InChI is InChI=1S/C14H19NO4/c1-2-18-12-5-3-11(4-6-12)9-15-7-8-19-13(10-15)14(16)17/h3-6,13H,2,7-10H2,1H3,(H,16,17). The van der Waals surface area contributed by atoms with E-state index in [1.807, 2.05) is 31.2 Å². The second-order valence-corrected chi connectivity index (χ2v) is 4.51. The summed E-state index contributed by atoms with van der Waals surface area (Å²) in [4.78, 5) is 13.0. The molecule has 2 rings (SSSR count). The third-order valence-electron chi connectivity index (χ3n) is 3.07. The van der Waals surface area contributed by atoms with Gasteiger partial charge in [0, 0.05) is 19.6 Å². The molecule has 0 aromatic heterocycles. The summed E-state index contributed by atoms with van der Waals surface area (Å²) in [6, 6.07) is 7.90. The number of aliphatic carboxylic acids is 1. The van der Waals surface area contributed by atoms with Crippen LogP contribution in [0, 0.1) is 0 Å². The maximum Gasteiger partial charge on any atom is 0.334 e. The molecule has 0 spiro atoms. The van der Waals surface area contributed by atoms with E-state index in [2.05, 4.69) is 4.90 Å². The normalized spacial score (nSPS) is 20.2. The Balaban J connectivity index is 1.91. The van der Waals surface area contributed by atoms with Gasteiger partial charge in [-0.2, -0.15) is 0 Å². The smallest absolute Gasteiger partial charge is 0.334 e. The molecule has 1 saturated heterocycles. The number of hydrogen-bond donors (Lipinski definition) is 1. The molecule has 5 heteroatoms. The second-order valence-electron chi connectivity index (χ2n) is 4.51. The van der Waals surface area contributed by atoms with Gasteiger partial charge in [-0.3, -0.25) is 4.90 Å². The van der Waals surface area contributed by atoms with Crippen LogP contribution in [0.15, 0.2) is 24.3 Å². The van der Waals surface area contributed by atoms with E-state index < -0.39 is 12.1 Å². The molecular weight excluding hydrogens is 246 g/mol. The van der Waals surface area contributed by atoms with E-state index in [1.54, 1.807) is 0 Å². The maximum atomic E-state index is 10.9. The Morgan fingerprint density at radius 1 is 1.47 bits per heavy atom. The van der Waals surface area contributed by atoms with Crippen LogP contribution >= 0.6 is 0 Å². The quantitative estimate of drug-likeness (QED) is 0.871. The van der Waals surface area contributed by atoms with E-state index >= 15 is 0 Å². The predicted molar refractivity (Wildman–Crippen MR) is 70.3 cm³/mol. The molecule has 1 N–H and O–H groups in total. The van der Waals surface area contributed by atoms with E-state index in [-0.39, 0.29) is 0 Å². The molecule has 1 aromatic carbocycles. The van der Waals surface area contributed by atoms with Crippen LogP contribution in [0.2, 0.25) is 0 Å². The molecule has 1 heterocycles. The molecule has 1 atom stereocenters. The Labute approximate surface area is 112 Å². The first-order valence-corrected chi connectivity index (χ1v) is 6.47. The number of nitrogens with zero attached hydrogens (tertiary/aromatic N) is 1. The molecule has 19 heavy (non-hydrogen) atoms. The molecular formula is C14H19NO4. The molecule has 1 aliphatic rings. The SMILES string of the molecule is CCOc1ccc(CN2CCOC(C(=O)O)C2)cc1. The number of ether oxygens (including phenoxy) is 2. The van der Waals surface area contributed by atoms with Crippen molar-refractivity contribution in [1.29, 1.82) is 0 Å². The molecule has 0 amide bonds. The lowest BCUT2D eigenvalue weighted by Crippen LogP contribution is -2.45. The van der Waals surface area contributed by atoms with Gasteiger partial charge in [0.1, 0.15) is 5.75 Å². The largest absolute Gasteiger partial charge is 0.494 e. The lowest BCUT2D eigenvalue weighted by molar-refractivity contribution is -0.156. The van der Waals surface area contributed by atoms with Crippen molar-refractivity contribution >= 4 is 5.97 Å². The topological polar surface area (TPSA) is 59.0 Å². The highest BCUT2D eigenvalue weighted by Gasteiger charge is 2.25. The molecule has 1 aromatic rings. The molecule has 0 bridgehead atoms. The van der Waals surface area contributed by atoms with Crippen LogP contribution in [0.1, 0.15) is 12.5 Å². The summed E-state index contributed by atoms with van der Waals surface area (Å²) in [5.41, 5.74) is 1.15. The van der Waals surface area contributed by atoms with Crippen molar-refractivity contribution < 1.29 is 19.4 Å². The minimum absolute atomic E-state index is 0.433. The number of morpholine rings is 1. The number of carboxylic acids is 1. The van der Waals surface area contributed by atoms with Crippen molar-refractivity contribution in [3.8, 4) is 5.75 Å². The summed E-state index contributed by atoms with van der Waals surface area (Å²) in [5.74, 6) is -0.0342. The summed E-state index contributed by atoms with van der Waals surface area (Å²) in [6.45, 7) is 5.00. The van der Waals surface area contributed by atoms with Gasteiger partial charge in [-0.15, -0.1) is 0 Å². The highest BCUT2D eigenvalue weighted by molar-refractivity contribution is 5.72. The van der Waals surface area contributed by atoms with Gasteiger partial charge >= 0.3 is 5.97 Å². The zero-order valence-electron chi connectivity index (χ0n) is 11.0. The predicted octanol–water partition coefficient (Wildman–Crippen LogP) is 1.37. The summed E-state index contributed by atoms with van der Waals surface area (Å²) in [5, 5.41) is 8.95. The Morgan fingerprint density at radius 2 is 2.21 bits per heavy atom. The average molecular weight is 265 g/mol. The van der Waals surface area contributed by atoms with Gasteiger partial charge in [0.25, 0.3) is 0 Å². The molecule has 0 saturated carbocycles. The van der Waals surface area contributed by atoms with Crippen LogP contribution in [-0.2, 0) is 16.1 Å². The Kier molecular flexibility index (Phi) is 4.76. The number of benzene rings is 1. The van der Waals surface area contributed by atoms with Crippen LogP contribution in [0.3, 0.4) is 0 Å². The monoisotopic (exact) mass is 265 g/mol. The first kappa shape index (κ1) is 13.8. The third-order valence-corrected chi connectivity index (χ3v) is 3.07. The average Bonchev–Trinajstić information content (AvgIpc) is 2.42. The minimum Gasteiger partial charge on any atom is -0.494 e. The number of hydrogen-bond acceptors (Lipinski definition) is 4. The Morgan fingerprint density at radius 3 is 2.84 bits per heavy atom. The minimum atomic E-state index is -0.892. The third kappa shape index (κ3) is 3.94. The number of rotatable bonds is 5. The van der Waals surface area contributed by atoms with Crippen LogP contribution in [0.4, 0.5) is 0 Å². The zero-order valence-corrected chi connectivity index (χ0v) is 11.0. The number of carboxylic acid groups (broad SMARTS) is 1. The summed E-state index contributed by atoms with van der Waals surface area (Å²) in [6.07, 6.45) is -0.712. The molecule has 0 radical (unpaired) electrons. The van der Waals surface area contributed by atoms with Gasteiger partial charge in [0.05, 0.1) is 13.2 Å². The van der Waals surface area contributed by atoms with Gasteiger partial charge in [-0.25, -0.2) is 4.79 Å². The van der Waals surface area contributed by atoms with Crippen molar-refractivity contribution in [3.05, 3.63) is 29.8 Å². The summed E-state index contributed by atoms with van der Waals surface area (Å²) >= 11 is 0. The van der Waals surface area contributed by atoms with E-state index in [9.17, 15) is 4.79 Å². The van der Waals surface area contributed by atoms with Crippen LogP contribution < -0.4 is 4.74 Å². The van der Waals surface area contributed by atoms with E-state index in [0.717, 1.165) is 24.4 Å². The van der Waals surface area contributed by atoms with Gasteiger partial charge in [0.15, 0.2) is 6.10 Å². The van der Waals surface area contributed by atoms with Crippen LogP contribution in [0.25, 0.3) is 0 Å². The highest BCUT2D eigenvalue weighted by atomic mass is 16.5. The summed E-state index contributed by atoms with van der Waals surface area (Å²) in [7, 11) is 0. The summed E-state index contributed by atoms with van der Waals surface area (Å²) < 4.78 is 10.6. The van der Waals surface area contributed by atoms with Crippen molar-refractivity contribution in [3.63, 3.8) is 0 Å². The van der Waals surface area contributed by atoms with Gasteiger partial charge in [0.2, 0.25) is 0 Å². The molecule has 1 unspecified atom stereocenters. The molecule has 5 nitrogen and oxygen atoms in total. The van der Waals surface area contributed by atoms with Gasteiger partial charge < -0.3 is 14.6 Å². The van der Waals surface area contributed by atoms with Crippen LogP contribution in [-0.4, -0.2) is 48.4 Å². The maximum absolute atomic E-state index is 10.9. The Hall–Kier alpha value is -1.59. The molecule has 104 valence electrons. The van der Waals surface area contributed by atoms with Crippen LogP contribution in [0.5, 0.6) is 5.75 Å². The molecule has 1 aliphatic heterocycles. The van der Waals surface area contributed by atoms with E-state index in [4.69, 9.17) is 14.6 Å². The fourth-order valence-corrected chi connectivity index (χ4v) is 2.11. The second kappa shape index (κ2) is 6.54. The molecule has 1 fully saturated rings. The fraction of sp³-hybridized carbons (Fsp3) is 0.500. The van der Waals surface area contributed by atoms with Crippen molar-refractivity contribution in [2.24, 2.45) is 0 Å². The lowest BCUT2D eigenvalue weighted by atomic mass is 10.2. The van der Waals surface area contributed by atoms with Crippen molar-refractivity contribution in [1.82, 2.24) is 4.90 Å². The van der Waals surface area contributed by atoms with E-state index in [0.29, 0.717) is 19.8 Å². The first-order valence-electron chi connectivity index (χ1n) is 6.47. The number of carbonyl (C=O) groups is 1.